The molecule has 1 unspecified atom stereocenters. The van der Waals surface area contributed by atoms with Crippen molar-refractivity contribution in [3.63, 3.8) is 0 Å². The number of amides is 1. The number of hydrogen-bond donors (Lipinski definition) is 1. The first-order valence-electron chi connectivity index (χ1n) is 8.67. The van der Waals surface area contributed by atoms with Crippen LogP contribution >= 0.6 is 0 Å². The van der Waals surface area contributed by atoms with Gasteiger partial charge in [0.1, 0.15) is 11.5 Å². The van der Waals surface area contributed by atoms with Crippen molar-refractivity contribution in [1.82, 2.24) is 4.90 Å². The molecule has 6 heteroatoms. The number of carbonyl (C=O) groups is 2. The molecule has 1 aromatic rings. The van der Waals surface area contributed by atoms with Crippen molar-refractivity contribution in [3.05, 3.63) is 24.3 Å². The summed E-state index contributed by atoms with van der Waals surface area (Å²) in [7, 11) is 1.61. The zero-order valence-corrected chi connectivity index (χ0v) is 15.2. The number of nitrogens with zero attached hydrogens (tertiary/aromatic N) is 1. The van der Waals surface area contributed by atoms with Crippen LogP contribution < -0.4 is 9.47 Å². The summed E-state index contributed by atoms with van der Waals surface area (Å²) in [4.78, 5) is 25.6. The molecule has 1 fully saturated rings. The van der Waals surface area contributed by atoms with Crippen molar-refractivity contribution in [3.8, 4) is 11.5 Å². The van der Waals surface area contributed by atoms with E-state index in [1.54, 1.807) is 12.0 Å². The minimum atomic E-state index is -0.810. The largest absolute Gasteiger partial charge is 0.497 e. The number of likely N-dealkylation sites (tertiary alicyclic amines) is 1. The molecular formula is C19H27NO5. The highest BCUT2D eigenvalue weighted by molar-refractivity contribution is 5.80. The molecule has 1 aromatic carbocycles. The van der Waals surface area contributed by atoms with Crippen molar-refractivity contribution < 1.29 is 24.2 Å². The Morgan fingerprint density at radius 1 is 1.24 bits per heavy atom. The van der Waals surface area contributed by atoms with Crippen LogP contribution in [0.4, 0.5) is 0 Å². The third-order valence-electron chi connectivity index (χ3n) is 5.05. The highest BCUT2D eigenvalue weighted by Crippen LogP contribution is 2.38. The molecule has 1 N–H and O–H groups in total. The smallest absolute Gasteiger partial charge is 0.311 e. The second-order valence-corrected chi connectivity index (χ2v) is 6.81. The van der Waals surface area contributed by atoms with E-state index >= 15 is 0 Å². The molecule has 2 rings (SSSR count). The number of carboxylic acid groups (broad SMARTS) is 1. The van der Waals surface area contributed by atoms with E-state index in [0.29, 0.717) is 39.0 Å². The SMILES string of the molecule is COc1ccc(OCCCC(=O)N2CCC(C(=O)O)(C(C)C)C2)cc1. The van der Waals surface area contributed by atoms with E-state index in [-0.39, 0.29) is 11.8 Å². The second-order valence-electron chi connectivity index (χ2n) is 6.81. The van der Waals surface area contributed by atoms with Crippen molar-refractivity contribution in [1.29, 1.82) is 0 Å². The lowest BCUT2D eigenvalue weighted by atomic mass is 9.76. The Hall–Kier alpha value is -2.24. The Kier molecular flexibility index (Phi) is 6.28. The van der Waals surface area contributed by atoms with Gasteiger partial charge in [-0.15, -0.1) is 0 Å². The third kappa shape index (κ3) is 4.44. The number of hydrogen-bond acceptors (Lipinski definition) is 4. The predicted octanol–water partition coefficient (Wildman–Crippen LogP) is 2.81. The van der Waals surface area contributed by atoms with Crippen LogP contribution in [0.15, 0.2) is 24.3 Å². The maximum atomic E-state index is 12.3. The molecule has 6 nitrogen and oxygen atoms in total. The number of carbonyl (C=O) groups excluding carboxylic acids is 1. The van der Waals surface area contributed by atoms with Crippen molar-refractivity contribution in [2.75, 3.05) is 26.8 Å². The lowest BCUT2D eigenvalue weighted by Crippen LogP contribution is -2.40. The number of methoxy groups -OCH3 is 1. The minimum Gasteiger partial charge on any atom is -0.497 e. The zero-order chi connectivity index (χ0) is 18.4. The molecule has 0 saturated carbocycles. The summed E-state index contributed by atoms with van der Waals surface area (Å²) in [5.41, 5.74) is -0.810. The van der Waals surface area contributed by atoms with Crippen molar-refractivity contribution in [2.24, 2.45) is 11.3 Å². The fraction of sp³-hybridized carbons (Fsp3) is 0.579. The van der Waals surface area contributed by atoms with Crippen LogP contribution in [0.3, 0.4) is 0 Å². The van der Waals surface area contributed by atoms with Crippen LogP contribution in [-0.4, -0.2) is 48.7 Å². The normalized spacial score (nSPS) is 19.9. The van der Waals surface area contributed by atoms with E-state index in [2.05, 4.69) is 0 Å². The van der Waals surface area contributed by atoms with Gasteiger partial charge in [-0.05, 0) is 43.0 Å². The zero-order valence-electron chi connectivity index (χ0n) is 15.2. The van der Waals surface area contributed by atoms with Gasteiger partial charge >= 0.3 is 5.97 Å². The third-order valence-corrected chi connectivity index (χ3v) is 5.05. The lowest BCUT2D eigenvalue weighted by Gasteiger charge is -2.28. The van der Waals surface area contributed by atoms with Crippen LogP contribution in [0.25, 0.3) is 0 Å². The summed E-state index contributed by atoms with van der Waals surface area (Å²) in [6, 6.07) is 7.29. The quantitative estimate of drug-likeness (QED) is 0.730. The van der Waals surface area contributed by atoms with E-state index in [9.17, 15) is 14.7 Å². The van der Waals surface area contributed by atoms with Crippen LogP contribution in [-0.2, 0) is 9.59 Å². The van der Waals surface area contributed by atoms with Gasteiger partial charge in [-0.25, -0.2) is 0 Å². The van der Waals surface area contributed by atoms with Gasteiger partial charge in [-0.2, -0.15) is 0 Å². The maximum absolute atomic E-state index is 12.3. The fourth-order valence-electron chi connectivity index (χ4n) is 3.18. The topological polar surface area (TPSA) is 76.1 Å². The monoisotopic (exact) mass is 349 g/mol. The van der Waals surface area contributed by atoms with E-state index in [1.165, 1.54) is 0 Å². The van der Waals surface area contributed by atoms with E-state index in [4.69, 9.17) is 9.47 Å². The van der Waals surface area contributed by atoms with Crippen LogP contribution in [0.1, 0.15) is 33.1 Å². The van der Waals surface area contributed by atoms with Crippen molar-refractivity contribution in [2.45, 2.75) is 33.1 Å². The molecule has 0 radical (unpaired) electrons. The Bertz CT molecular complexity index is 598. The summed E-state index contributed by atoms with van der Waals surface area (Å²) < 4.78 is 10.7. The Morgan fingerprint density at radius 3 is 2.40 bits per heavy atom. The van der Waals surface area contributed by atoms with Gasteiger partial charge in [0.05, 0.1) is 19.1 Å². The fourth-order valence-corrected chi connectivity index (χ4v) is 3.18. The molecule has 0 aromatic heterocycles. The molecule has 1 amide bonds. The summed E-state index contributed by atoms with van der Waals surface area (Å²) in [6.45, 7) is 5.08. The van der Waals surface area contributed by atoms with Crippen LogP contribution in [0, 0.1) is 11.3 Å². The molecule has 1 atom stereocenters. The highest BCUT2D eigenvalue weighted by Gasteiger charge is 2.48. The molecule has 0 bridgehead atoms. The summed E-state index contributed by atoms with van der Waals surface area (Å²) in [5.74, 6) is 0.701. The van der Waals surface area contributed by atoms with Gasteiger partial charge in [-0.1, -0.05) is 13.8 Å². The Morgan fingerprint density at radius 2 is 1.88 bits per heavy atom. The average Bonchev–Trinajstić information content (AvgIpc) is 3.06. The molecule has 1 aliphatic rings. The molecule has 1 saturated heterocycles. The maximum Gasteiger partial charge on any atom is 0.311 e. The average molecular weight is 349 g/mol. The first kappa shape index (κ1) is 19.1. The first-order chi connectivity index (χ1) is 11.9. The standard InChI is InChI=1S/C19H27NO5/c1-14(2)19(18(22)23)10-11-20(13-19)17(21)5-4-12-25-16-8-6-15(24-3)7-9-16/h6-9,14H,4-5,10-13H2,1-3H3,(H,22,23). The Balaban J connectivity index is 1.76. The minimum absolute atomic E-state index is 0.00112. The summed E-state index contributed by atoms with van der Waals surface area (Å²) in [5, 5.41) is 9.54. The number of benzene rings is 1. The highest BCUT2D eigenvalue weighted by atomic mass is 16.5. The lowest BCUT2D eigenvalue weighted by molar-refractivity contribution is -0.151. The predicted molar refractivity (Wildman–Crippen MR) is 93.8 cm³/mol. The number of rotatable bonds is 8. The molecule has 0 aliphatic carbocycles. The molecule has 1 aliphatic heterocycles. The Labute approximate surface area is 148 Å². The van der Waals surface area contributed by atoms with Crippen LogP contribution in [0.2, 0.25) is 0 Å². The van der Waals surface area contributed by atoms with E-state index in [1.807, 2.05) is 38.1 Å². The molecular weight excluding hydrogens is 322 g/mol. The number of carboxylic acids is 1. The van der Waals surface area contributed by atoms with Gasteiger partial charge in [0, 0.05) is 19.5 Å². The van der Waals surface area contributed by atoms with Gasteiger partial charge in [-0.3, -0.25) is 9.59 Å². The molecule has 25 heavy (non-hydrogen) atoms. The molecule has 1 heterocycles. The summed E-state index contributed by atoms with van der Waals surface area (Å²) in [6.07, 6.45) is 1.49. The van der Waals surface area contributed by atoms with Gasteiger partial charge in [0.2, 0.25) is 5.91 Å². The second kappa shape index (κ2) is 8.23. The summed E-state index contributed by atoms with van der Waals surface area (Å²) >= 11 is 0. The van der Waals surface area contributed by atoms with E-state index in [0.717, 1.165) is 11.5 Å². The molecule has 138 valence electrons. The van der Waals surface area contributed by atoms with Crippen LogP contribution in [0.5, 0.6) is 11.5 Å². The first-order valence-corrected chi connectivity index (χ1v) is 8.67. The van der Waals surface area contributed by atoms with Gasteiger partial charge in [0.15, 0.2) is 0 Å². The van der Waals surface area contributed by atoms with Gasteiger partial charge in [0.25, 0.3) is 0 Å². The van der Waals surface area contributed by atoms with E-state index < -0.39 is 11.4 Å². The van der Waals surface area contributed by atoms with Gasteiger partial charge < -0.3 is 19.5 Å². The molecule has 0 spiro atoms. The number of aliphatic carboxylic acids is 1. The number of ether oxygens (including phenoxy) is 2. The van der Waals surface area contributed by atoms with Crippen molar-refractivity contribution >= 4 is 11.9 Å².